The van der Waals surface area contributed by atoms with Crippen LogP contribution in [0.1, 0.15) is 46.5 Å². The summed E-state index contributed by atoms with van der Waals surface area (Å²) in [7, 11) is 0. The van der Waals surface area contributed by atoms with E-state index in [9.17, 15) is 22.8 Å². The predicted molar refractivity (Wildman–Crippen MR) is 116 cm³/mol. The summed E-state index contributed by atoms with van der Waals surface area (Å²) in [4.78, 5) is 32.7. The first-order valence-corrected chi connectivity index (χ1v) is 10.6. The van der Waals surface area contributed by atoms with Crippen LogP contribution < -0.4 is 10.2 Å². The largest absolute Gasteiger partial charge is 0.416 e. The van der Waals surface area contributed by atoms with Gasteiger partial charge in [0.05, 0.1) is 11.1 Å². The molecule has 0 atom stereocenters. The van der Waals surface area contributed by atoms with Crippen molar-refractivity contribution in [3.8, 4) is 0 Å². The van der Waals surface area contributed by atoms with Gasteiger partial charge < -0.3 is 15.1 Å². The molecular formula is C23H27F3N4O2. The highest BCUT2D eigenvalue weighted by molar-refractivity contribution is 5.95. The van der Waals surface area contributed by atoms with Crippen LogP contribution in [0.25, 0.3) is 0 Å². The summed E-state index contributed by atoms with van der Waals surface area (Å²) in [6, 6.07) is 7.97. The van der Waals surface area contributed by atoms with Crippen LogP contribution in [0.15, 0.2) is 42.6 Å². The van der Waals surface area contributed by atoms with Gasteiger partial charge in [0.15, 0.2) is 0 Å². The second kappa shape index (κ2) is 10.0. The molecule has 1 aliphatic heterocycles. The Labute approximate surface area is 185 Å². The molecule has 0 unspecified atom stereocenters. The predicted octanol–water partition coefficient (Wildman–Crippen LogP) is 3.84. The van der Waals surface area contributed by atoms with E-state index in [1.54, 1.807) is 17.0 Å². The molecular weight excluding hydrogens is 421 g/mol. The third-order valence-electron chi connectivity index (χ3n) is 5.35. The number of carbonyl (C=O) groups is 2. The molecule has 2 amide bonds. The number of rotatable bonds is 6. The Morgan fingerprint density at radius 2 is 1.78 bits per heavy atom. The molecule has 1 aromatic carbocycles. The molecule has 1 aromatic heterocycles. The van der Waals surface area contributed by atoms with Gasteiger partial charge in [0.1, 0.15) is 5.82 Å². The Morgan fingerprint density at radius 1 is 1.06 bits per heavy atom. The molecule has 0 bridgehead atoms. The van der Waals surface area contributed by atoms with Crippen LogP contribution in [0.4, 0.5) is 19.0 Å². The maximum absolute atomic E-state index is 12.9. The van der Waals surface area contributed by atoms with E-state index in [2.05, 4.69) is 24.1 Å². The number of carbonyl (C=O) groups excluding carboxylic acids is 2. The number of alkyl halides is 3. The van der Waals surface area contributed by atoms with Gasteiger partial charge in [0.25, 0.3) is 11.8 Å². The highest BCUT2D eigenvalue weighted by Gasteiger charge is 2.31. The van der Waals surface area contributed by atoms with Crippen LogP contribution in [0.3, 0.4) is 0 Å². The molecule has 2 heterocycles. The average Bonchev–Trinajstić information content (AvgIpc) is 2.78. The molecule has 6 nitrogen and oxygen atoms in total. The topological polar surface area (TPSA) is 65.5 Å². The maximum atomic E-state index is 12.9. The molecule has 2 aromatic rings. The Morgan fingerprint density at radius 3 is 2.38 bits per heavy atom. The number of piperazine rings is 1. The minimum absolute atomic E-state index is 0.0271. The van der Waals surface area contributed by atoms with E-state index >= 15 is 0 Å². The number of pyridine rings is 1. The van der Waals surface area contributed by atoms with E-state index in [-0.39, 0.29) is 11.5 Å². The number of halogens is 3. The van der Waals surface area contributed by atoms with E-state index in [0.717, 1.165) is 18.6 Å². The van der Waals surface area contributed by atoms with Gasteiger partial charge in [-0.15, -0.1) is 0 Å². The first kappa shape index (κ1) is 23.6. The van der Waals surface area contributed by atoms with Crippen molar-refractivity contribution in [1.82, 2.24) is 15.2 Å². The van der Waals surface area contributed by atoms with Crippen molar-refractivity contribution in [3.63, 3.8) is 0 Å². The van der Waals surface area contributed by atoms with Gasteiger partial charge in [-0.3, -0.25) is 9.59 Å². The minimum atomic E-state index is -4.49. The molecule has 9 heteroatoms. The van der Waals surface area contributed by atoms with Crippen LogP contribution in [0.2, 0.25) is 0 Å². The Kier molecular flexibility index (Phi) is 7.37. The van der Waals surface area contributed by atoms with Crippen molar-refractivity contribution >= 4 is 17.6 Å². The summed E-state index contributed by atoms with van der Waals surface area (Å²) in [6.07, 6.45) is -2.06. The van der Waals surface area contributed by atoms with Crippen molar-refractivity contribution in [2.45, 2.75) is 26.4 Å². The normalized spacial score (nSPS) is 14.6. The van der Waals surface area contributed by atoms with E-state index in [4.69, 9.17) is 0 Å². The highest BCUT2D eigenvalue weighted by atomic mass is 19.4. The van der Waals surface area contributed by atoms with Crippen LogP contribution in [0, 0.1) is 5.92 Å². The minimum Gasteiger partial charge on any atom is -0.353 e. The van der Waals surface area contributed by atoms with E-state index in [0.29, 0.717) is 50.0 Å². The molecule has 1 aliphatic rings. The summed E-state index contributed by atoms with van der Waals surface area (Å²) in [5, 5.41) is 2.87. The number of nitrogens with zero attached hydrogens (tertiary/aromatic N) is 3. The lowest BCUT2D eigenvalue weighted by molar-refractivity contribution is -0.137. The SMILES string of the molecule is CC(C)CCNC(=O)c1ccc(N2CCN(C(=O)c3cccc(C(F)(F)F)c3)CC2)nc1. The zero-order chi connectivity index (χ0) is 23.3. The Balaban J connectivity index is 1.55. The summed E-state index contributed by atoms with van der Waals surface area (Å²) in [5.74, 6) is 0.614. The van der Waals surface area contributed by atoms with Crippen LogP contribution in [0.5, 0.6) is 0 Å². The summed E-state index contributed by atoms with van der Waals surface area (Å²) in [5.41, 5.74) is -0.324. The molecule has 1 N–H and O–H groups in total. The van der Waals surface area contributed by atoms with Crippen LogP contribution in [-0.2, 0) is 6.18 Å². The molecule has 32 heavy (non-hydrogen) atoms. The van der Waals surface area contributed by atoms with Gasteiger partial charge in [-0.05, 0) is 42.7 Å². The quantitative estimate of drug-likeness (QED) is 0.729. The maximum Gasteiger partial charge on any atom is 0.416 e. The lowest BCUT2D eigenvalue weighted by Gasteiger charge is -2.35. The molecule has 1 saturated heterocycles. The number of benzene rings is 1. The summed E-state index contributed by atoms with van der Waals surface area (Å²) < 4.78 is 38.8. The number of nitrogens with one attached hydrogen (secondary N) is 1. The molecule has 1 fully saturated rings. The molecule has 0 spiro atoms. The average molecular weight is 448 g/mol. The lowest BCUT2D eigenvalue weighted by atomic mass is 10.1. The third-order valence-corrected chi connectivity index (χ3v) is 5.35. The molecule has 0 aliphatic carbocycles. The van der Waals surface area contributed by atoms with Crippen LogP contribution >= 0.6 is 0 Å². The standard InChI is InChI=1S/C23H27F3N4O2/c1-16(2)8-9-27-21(31)18-6-7-20(28-15-18)29-10-12-30(13-11-29)22(32)17-4-3-5-19(14-17)23(24,25)26/h3-7,14-16H,8-13H2,1-2H3,(H,27,31). The van der Waals surface area contributed by atoms with E-state index in [1.807, 2.05) is 4.90 Å². The van der Waals surface area contributed by atoms with Gasteiger partial charge in [-0.2, -0.15) is 13.2 Å². The first-order chi connectivity index (χ1) is 15.1. The lowest BCUT2D eigenvalue weighted by Crippen LogP contribution is -2.49. The second-order valence-corrected chi connectivity index (χ2v) is 8.20. The van der Waals surface area contributed by atoms with Crippen LogP contribution in [-0.4, -0.2) is 54.4 Å². The highest BCUT2D eigenvalue weighted by Crippen LogP contribution is 2.30. The van der Waals surface area contributed by atoms with Gasteiger partial charge >= 0.3 is 6.18 Å². The summed E-state index contributed by atoms with van der Waals surface area (Å²) >= 11 is 0. The van der Waals surface area contributed by atoms with Crippen molar-refractivity contribution in [3.05, 3.63) is 59.3 Å². The number of hydrogen-bond acceptors (Lipinski definition) is 4. The third kappa shape index (κ3) is 5.99. The van der Waals surface area contributed by atoms with E-state index in [1.165, 1.54) is 18.3 Å². The number of amides is 2. The van der Waals surface area contributed by atoms with Gasteiger partial charge in [-0.1, -0.05) is 19.9 Å². The fourth-order valence-corrected chi connectivity index (χ4v) is 3.43. The molecule has 0 radical (unpaired) electrons. The second-order valence-electron chi connectivity index (χ2n) is 8.20. The van der Waals surface area contributed by atoms with Gasteiger partial charge in [0, 0.05) is 44.5 Å². The van der Waals surface area contributed by atoms with Crippen molar-refractivity contribution in [1.29, 1.82) is 0 Å². The number of aromatic nitrogens is 1. The Bertz CT molecular complexity index is 937. The van der Waals surface area contributed by atoms with E-state index < -0.39 is 17.6 Å². The summed E-state index contributed by atoms with van der Waals surface area (Å²) in [6.45, 7) is 6.53. The fraction of sp³-hybridized carbons (Fsp3) is 0.435. The molecule has 3 rings (SSSR count). The molecule has 0 saturated carbocycles. The van der Waals surface area contributed by atoms with Gasteiger partial charge in [0.2, 0.25) is 0 Å². The molecule has 172 valence electrons. The zero-order valence-corrected chi connectivity index (χ0v) is 18.2. The number of hydrogen-bond donors (Lipinski definition) is 1. The zero-order valence-electron chi connectivity index (χ0n) is 18.2. The van der Waals surface area contributed by atoms with Crippen molar-refractivity contribution in [2.24, 2.45) is 5.92 Å². The Hall–Kier alpha value is -3.10. The number of anilines is 1. The fourth-order valence-electron chi connectivity index (χ4n) is 3.43. The monoisotopic (exact) mass is 448 g/mol. The smallest absolute Gasteiger partial charge is 0.353 e. The first-order valence-electron chi connectivity index (χ1n) is 10.6. The van der Waals surface area contributed by atoms with Gasteiger partial charge in [-0.25, -0.2) is 4.98 Å². The van der Waals surface area contributed by atoms with Crippen molar-refractivity contribution in [2.75, 3.05) is 37.6 Å². The van der Waals surface area contributed by atoms with Crippen molar-refractivity contribution < 1.29 is 22.8 Å².